The number of methoxy groups -OCH3 is 3. The Kier molecular flexibility index (Phi) is 14.7. The summed E-state index contributed by atoms with van der Waals surface area (Å²) in [5, 5.41) is 8.53. The molecule has 0 aliphatic carbocycles. The van der Waals surface area contributed by atoms with Gasteiger partial charge in [-0.25, -0.2) is 19.2 Å². The number of aliphatic carboxylic acids is 1. The Morgan fingerprint density at radius 2 is 1.41 bits per heavy atom. The van der Waals surface area contributed by atoms with E-state index < -0.39 is 30.0 Å². The van der Waals surface area contributed by atoms with E-state index in [0.29, 0.717) is 32.4 Å². The number of esters is 3. The van der Waals surface area contributed by atoms with Gasteiger partial charge in [-0.05, 0) is 0 Å². The van der Waals surface area contributed by atoms with Gasteiger partial charge in [0.1, 0.15) is 12.7 Å². The molecular formula is C18H27NO10. The number of rotatable bonds is 15. The summed E-state index contributed by atoms with van der Waals surface area (Å²) >= 11 is 0. The number of ether oxygens (including phenoxy) is 5. The van der Waals surface area contributed by atoms with Crippen molar-refractivity contribution in [2.75, 3.05) is 60.8 Å². The standard InChI is InChI=1S/C18H27NO10/c1-25-10-8-19(9-11-26-2)12-14(13-28-17(23)5-4-15(20)21)29-18(24)7-6-16(22)27-3/h4-7,14H,8-13H2,1-3H3,(H,20,21)/b5-4+,7-6+. The van der Waals surface area contributed by atoms with Gasteiger partial charge < -0.3 is 28.8 Å². The molecule has 0 amide bonds. The van der Waals surface area contributed by atoms with E-state index in [1.54, 1.807) is 14.2 Å². The summed E-state index contributed by atoms with van der Waals surface area (Å²) in [5.74, 6) is -3.77. The first-order valence-corrected chi connectivity index (χ1v) is 8.57. The smallest absolute Gasteiger partial charge is 0.331 e. The maximum absolute atomic E-state index is 11.9. The summed E-state index contributed by atoms with van der Waals surface area (Å²) in [6, 6.07) is 0. The third-order valence-corrected chi connectivity index (χ3v) is 3.30. The minimum Gasteiger partial charge on any atom is -0.478 e. The second-order valence-electron chi connectivity index (χ2n) is 5.50. The van der Waals surface area contributed by atoms with Crippen LogP contribution in [0.2, 0.25) is 0 Å². The molecule has 164 valence electrons. The van der Waals surface area contributed by atoms with Crippen LogP contribution in [0.3, 0.4) is 0 Å². The molecule has 11 heteroatoms. The van der Waals surface area contributed by atoms with Gasteiger partial charge in [0.05, 0.1) is 20.3 Å². The Bertz CT molecular complexity index is 579. The molecule has 0 radical (unpaired) electrons. The first-order valence-electron chi connectivity index (χ1n) is 8.57. The van der Waals surface area contributed by atoms with Crippen LogP contribution in [0, 0.1) is 0 Å². The highest BCUT2D eigenvalue weighted by Crippen LogP contribution is 2.02. The maximum Gasteiger partial charge on any atom is 0.331 e. The fourth-order valence-electron chi connectivity index (χ4n) is 1.92. The van der Waals surface area contributed by atoms with E-state index >= 15 is 0 Å². The summed E-state index contributed by atoms with van der Waals surface area (Å²) in [4.78, 5) is 46.9. The molecule has 0 aliphatic heterocycles. The highest BCUT2D eigenvalue weighted by molar-refractivity contribution is 5.92. The lowest BCUT2D eigenvalue weighted by Gasteiger charge is -2.26. The first-order chi connectivity index (χ1) is 13.8. The van der Waals surface area contributed by atoms with Crippen LogP contribution in [-0.4, -0.2) is 101 Å². The Balaban J connectivity index is 5.05. The zero-order valence-corrected chi connectivity index (χ0v) is 16.7. The van der Waals surface area contributed by atoms with Gasteiger partial charge in [-0.15, -0.1) is 0 Å². The summed E-state index contributed by atoms with van der Waals surface area (Å²) in [5.41, 5.74) is 0. The fraction of sp³-hybridized carbons (Fsp3) is 0.556. The van der Waals surface area contributed by atoms with Crippen molar-refractivity contribution in [1.29, 1.82) is 0 Å². The molecule has 0 aromatic rings. The first kappa shape index (κ1) is 26.2. The van der Waals surface area contributed by atoms with Gasteiger partial charge in [0.25, 0.3) is 0 Å². The van der Waals surface area contributed by atoms with Crippen molar-refractivity contribution in [3.63, 3.8) is 0 Å². The molecule has 11 nitrogen and oxygen atoms in total. The van der Waals surface area contributed by atoms with E-state index in [9.17, 15) is 19.2 Å². The summed E-state index contributed by atoms with van der Waals surface area (Å²) < 4.78 is 24.7. The van der Waals surface area contributed by atoms with E-state index in [0.717, 1.165) is 25.3 Å². The van der Waals surface area contributed by atoms with Gasteiger partial charge in [0.15, 0.2) is 0 Å². The third-order valence-electron chi connectivity index (χ3n) is 3.30. The molecule has 0 aliphatic rings. The van der Waals surface area contributed by atoms with Gasteiger partial charge in [0, 0.05) is 58.2 Å². The molecule has 1 unspecified atom stereocenters. The Hall–Kier alpha value is -2.76. The van der Waals surface area contributed by atoms with Crippen LogP contribution in [0.4, 0.5) is 0 Å². The minimum atomic E-state index is -1.30. The van der Waals surface area contributed by atoms with Crippen LogP contribution in [0.1, 0.15) is 0 Å². The summed E-state index contributed by atoms with van der Waals surface area (Å²) in [7, 11) is 4.24. The van der Waals surface area contributed by atoms with Crippen molar-refractivity contribution in [3.05, 3.63) is 24.3 Å². The van der Waals surface area contributed by atoms with Gasteiger partial charge in [0.2, 0.25) is 0 Å². The Morgan fingerprint density at radius 1 is 0.862 bits per heavy atom. The second kappa shape index (κ2) is 16.2. The summed E-state index contributed by atoms with van der Waals surface area (Å²) in [6.07, 6.45) is 2.27. The zero-order chi connectivity index (χ0) is 22.1. The molecule has 0 bridgehead atoms. The molecule has 0 saturated heterocycles. The largest absolute Gasteiger partial charge is 0.478 e. The van der Waals surface area contributed by atoms with E-state index in [4.69, 9.17) is 24.1 Å². The molecular weight excluding hydrogens is 390 g/mol. The Labute approximate surface area is 168 Å². The monoisotopic (exact) mass is 417 g/mol. The van der Waals surface area contributed by atoms with Crippen LogP contribution in [0.25, 0.3) is 0 Å². The van der Waals surface area contributed by atoms with Gasteiger partial charge in [-0.2, -0.15) is 0 Å². The Morgan fingerprint density at radius 3 is 1.93 bits per heavy atom. The highest BCUT2D eigenvalue weighted by atomic mass is 16.6. The molecule has 0 aromatic carbocycles. The lowest BCUT2D eigenvalue weighted by molar-refractivity contribution is -0.154. The number of hydrogen-bond acceptors (Lipinski definition) is 10. The number of nitrogens with zero attached hydrogens (tertiary/aromatic N) is 1. The van der Waals surface area contributed by atoms with E-state index in [-0.39, 0.29) is 13.2 Å². The molecule has 0 fully saturated rings. The quantitative estimate of drug-likeness (QED) is 0.208. The lowest BCUT2D eigenvalue weighted by atomic mass is 10.3. The molecule has 0 heterocycles. The van der Waals surface area contributed by atoms with E-state index in [2.05, 4.69) is 4.74 Å². The topological polar surface area (TPSA) is 138 Å². The van der Waals surface area contributed by atoms with Crippen LogP contribution in [-0.2, 0) is 42.9 Å². The molecule has 0 rings (SSSR count). The highest BCUT2D eigenvalue weighted by Gasteiger charge is 2.20. The lowest BCUT2D eigenvalue weighted by Crippen LogP contribution is -2.41. The average molecular weight is 417 g/mol. The van der Waals surface area contributed by atoms with Crippen molar-refractivity contribution in [1.82, 2.24) is 4.90 Å². The van der Waals surface area contributed by atoms with Crippen molar-refractivity contribution in [2.24, 2.45) is 0 Å². The van der Waals surface area contributed by atoms with Crippen molar-refractivity contribution >= 4 is 23.9 Å². The third kappa shape index (κ3) is 14.9. The van der Waals surface area contributed by atoms with E-state index in [1.807, 2.05) is 4.90 Å². The molecule has 0 saturated carbocycles. The van der Waals surface area contributed by atoms with Crippen molar-refractivity contribution < 1.29 is 48.0 Å². The number of hydrogen-bond donors (Lipinski definition) is 1. The number of carbonyl (C=O) groups is 4. The summed E-state index contributed by atoms with van der Waals surface area (Å²) in [6.45, 7) is 1.68. The van der Waals surface area contributed by atoms with Crippen LogP contribution in [0.15, 0.2) is 24.3 Å². The van der Waals surface area contributed by atoms with Gasteiger partial charge in [-0.1, -0.05) is 0 Å². The van der Waals surface area contributed by atoms with E-state index in [1.165, 1.54) is 0 Å². The number of carboxylic acids is 1. The molecule has 29 heavy (non-hydrogen) atoms. The van der Waals surface area contributed by atoms with Crippen molar-refractivity contribution in [3.8, 4) is 0 Å². The minimum absolute atomic E-state index is 0.181. The zero-order valence-electron chi connectivity index (χ0n) is 16.7. The molecule has 1 N–H and O–H groups in total. The van der Waals surface area contributed by atoms with Crippen LogP contribution in [0.5, 0.6) is 0 Å². The molecule has 1 atom stereocenters. The predicted octanol–water partition coefficient (Wildman–Crippen LogP) is -0.594. The normalized spacial score (nSPS) is 12.3. The fourth-order valence-corrected chi connectivity index (χ4v) is 1.92. The number of carbonyl (C=O) groups excluding carboxylic acids is 3. The SMILES string of the molecule is COCCN(CCOC)CC(COC(=O)/C=C/C(=O)O)OC(=O)/C=C/C(=O)OC. The maximum atomic E-state index is 11.9. The van der Waals surface area contributed by atoms with Gasteiger partial charge >= 0.3 is 23.9 Å². The van der Waals surface area contributed by atoms with Crippen LogP contribution >= 0.6 is 0 Å². The molecule has 0 spiro atoms. The predicted molar refractivity (Wildman–Crippen MR) is 99.0 cm³/mol. The van der Waals surface area contributed by atoms with Crippen molar-refractivity contribution in [2.45, 2.75) is 6.10 Å². The van der Waals surface area contributed by atoms with Crippen LogP contribution < -0.4 is 0 Å². The average Bonchev–Trinajstić information content (AvgIpc) is 2.70. The van der Waals surface area contributed by atoms with Gasteiger partial charge in [-0.3, -0.25) is 4.90 Å². The molecule has 0 aromatic heterocycles. The second-order valence-corrected chi connectivity index (χ2v) is 5.50. The number of carboxylic acid groups (broad SMARTS) is 1.